The van der Waals surface area contributed by atoms with Crippen molar-refractivity contribution < 1.29 is 9.13 Å². The average Bonchev–Trinajstić information content (AvgIpc) is 2.48. The predicted octanol–water partition coefficient (Wildman–Crippen LogP) is 4.08. The minimum atomic E-state index is -0.448. The standard InChI is InChI=1S/C15H12BrFN2O/c1-20-12-4-2-10(3-5-12)9-19-15-7-13(16)14(17)6-11(15)8-18/h2-7,19H,9H2,1H3. The Morgan fingerprint density at radius 1 is 1.30 bits per heavy atom. The van der Waals surface area contributed by atoms with Gasteiger partial charge in [-0.3, -0.25) is 0 Å². The lowest BCUT2D eigenvalue weighted by Gasteiger charge is -2.10. The van der Waals surface area contributed by atoms with Crippen LogP contribution in [-0.2, 0) is 6.54 Å². The highest BCUT2D eigenvalue weighted by atomic mass is 79.9. The summed E-state index contributed by atoms with van der Waals surface area (Å²) in [5.74, 6) is 0.340. The minimum Gasteiger partial charge on any atom is -0.497 e. The molecule has 2 rings (SSSR count). The van der Waals surface area contributed by atoms with Gasteiger partial charge in [-0.05, 0) is 45.8 Å². The molecule has 0 atom stereocenters. The first-order chi connectivity index (χ1) is 9.63. The molecule has 0 heterocycles. The van der Waals surface area contributed by atoms with Gasteiger partial charge in [0, 0.05) is 6.54 Å². The van der Waals surface area contributed by atoms with Crippen molar-refractivity contribution in [3.05, 3.63) is 57.8 Å². The number of hydrogen-bond donors (Lipinski definition) is 1. The number of hydrogen-bond acceptors (Lipinski definition) is 3. The molecular weight excluding hydrogens is 323 g/mol. The topological polar surface area (TPSA) is 45.0 Å². The molecule has 102 valence electrons. The first-order valence-corrected chi connectivity index (χ1v) is 6.69. The highest BCUT2D eigenvalue weighted by Crippen LogP contribution is 2.25. The smallest absolute Gasteiger partial charge is 0.138 e. The van der Waals surface area contributed by atoms with Crippen molar-refractivity contribution in [2.75, 3.05) is 12.4 Å². The van der Waals surface area contributed by atoms with Crippen molar-refractivity contribution in [3.63, 3.8) is 0 Å². The monoisotopic (exact) mass is 334 g/mol. The molecule has 0 aliphatic heterocycles. The fraction of sp³-hybridized carbons (Fsp3) is 0.133. The Kier molecular flexibility index (Phi) is 4.59. The lowest BCUT2D eigenvalue weighted by Crippen LogP contribution is -2.02. The summed E-state index contributed by atoms with van der Waals surface area (Å²) in [7, 11) is 1.61. The summed E-state index contributed by atoms with van der Waals surface area (Å²) in [6.45, 7) is 0.538. The van der Waals surface area contributed by atoms with E-state index < -0.39 is 5.82 Å². The van der Waals surface area contributed by atoms with E-state index in [0.717, 1.165) is 11.3 Å². The van der Waals surface area contributed by atoms with Gasteiger partial charge in [-0.15, -0.1) is 0 Å². The fourth-order valence-electron chi connectivity index (χ4n) is 1.73. The maximum Gasteiger partial charge on any atom is 0.138 e. The first-order valence-electron chi connectivity index (χ1n) is 5.90. The van der Waals surface area contributed by atoms with E-state index in [1.165, 1.54) is 6.07 Å². The number of benzene rings is 2. The molecule has 5 heteroatoms. The van der Waals surface area contributed by atoms with Crippen LogP contribution in [0.1, 0.15) is 11.1 Å². The third kappa shape index (κ3) is 3.28. The molecule has 0 radical (unpaired) electrons. The molecular formula is C15H12BrFN2O. The first kappa shape index (κ1) is 14.4. The maximum atomic E-state index is 13.4. The SMILES string of the molecule is COc1ccc(CNc2cc(Br)c(F)cc2C#N)cc1. The van der Waals surface area contributed by atoms with E-state index in [4.69, 9.17) is 10.00 Å². The zero-order chi connectivity index (χ0) is 14.5. The molecule has 2 aromatic carbocycles. The van der Waals surface area contributed by atoms with Crippen LogP contribution >= 0.6 is 15.9 Å². The third-order valence-corrected chi connectivity index (χ3v) is 3.43. The second-order valence-electron chi connectivity index (χ2n) is 4.13. The largest absolute Gasteiger partial charge is 0.497 e. The van der Waals surface area contributed by atoms with E-state index in [1.807, 2.05) is 30.3 Å². The third-order valence-electron chi connectivity index (χ3n) is 2.82. The van der Waals surface area contributed by atoms with E-state index in [9.17, 15) is 4.39 Å². The number of ether oxygens (including phenoxy) is 1. The Morgan fingerprint density at radius 3 is 2.60 bits per heavy atom. The highest BCUT2D eigenvalue weighted by Gasteiger charge is 2.08. The van der Waals surface area contributed by atoms with E-state index in [0.29, 0.717) is 16.7 Å². The number of methoxy groups -OCH3 is 1. The molecule has 0 aromatic heterocycles. The molecule has 0 saturated carbocycles. The quantitative estimate of drug-likeness (QED) is 0.916. The van der Waals surface area contributed by atoms with Crippen molar-refractivity contribution in [3.8, 4) is 11.8 Å². The Morgan fingerprint density at radius 2 is 2.00 bits per heavy atom. The molecule has 0 aliphatic carbocycles. The Bertz CT molecular complexity index is 650. The van der Waals surface area contributed by atoms with E-state index in [-0.39, 0.29) is 5.56 Å². The lowest BCUT2D eigenvalue weighted by atomic mass is 10.1. The van der Waals surface area contributed by atoms with Crippen LogP contribution in [-0.4, -0.2) is 7.11 Å². The molecule has 0 spiro atoms. The number of rotatable bonds is 4. The molecule has 20 heavy (non-hydrogen) atoms. The molecule has 1 N–H and O–H groups in total. The van der Waals surface area contributed by atoms with Crippen molar-refractivity contribution in [1.82, 2.24) is 0 Å². The summed E-state index contributed by atoms with van der Waals surface area (Å²) in [5, 5.41) is 12.1. The van der Waals surface area contributed by atoms with Gasteiger partial charge in [-0.25, -0.2) is 4.39 Å². The van der Waals surface area contributed by atoms with E-state index in [2.05, 4.69) is 21.2 Å². The number of halogens is 2. The molecule has 2 aromatic rings. The van der Waals surface area contributed by atoms with Gasteiger partial charge >= 0.3 is 0 Å². The van der Waals surface area contributed by atoms with Crippen LogP contribution in [0.4, 0.5) is 10.1 Å². The average molecular weight is 335 g/mol. The van der Waals surface area contributed by atoms with Crippen molar-refractivity contribution in [2.45, 2.75) is 6.54 Å². The van der Waals surface area contributed by atoms with Crippen molar-refractivity contribution in [2.24, 2.45) is 0 Å². The molecule has 0 fully saturated rings. The summed E-state index contributed by atoms with van der Waals surface area (Å²) in [4.78, 5) is 0. The Labute approximate surface area is 125 Å². The number of nitrogens with one attached hydrogen (secondary N) is 1. The maximum absolute atomic E-state index is 13.4. The molecule has 0 aliphatic rings. The van der Waals surface area contributed by atoms with Crippen molar-refractivity contribution >= 4 is 21.6 Å². The minimum absolute atomic E-state index is 0.277. The summed E-state index contributed by atoms with van der Waals surface area (Å²) in [5.41, 5.74) is 1.91. The molecule has 3 nitrogen and oxygen atoms in total. The predicted molar refractivity (Wildman–Crippen MR) is 79.1 cm³/mol. The van der Waals surface area contributed by atoms with E-state index in [1.54, 1.807) is 13.2 Å². The van der Waals surface area contributed by atoms with Gasteiger partial charge in [0.2, 0.25) is 0 Å². The van der Waals surface area contributed by atoms with Crippen LogP contribution in [0.2, 0.25) is 0 Å². The van der Waals surface area contributed by atoms with Gasteiger partial charge in [0.1, 0.15) is 17.6 Å². The van der Waals surface area contributed by atoms with Gasteiger partial charge in [-0.2, -0.15) is 5.26 Å². The fourth-order valence-corrected chi connectivity index (χ4v) is 2.07. The summed E-state index contributed by atoms with van der Waals surface area (Å²) in [6.07, 6.45) is 0. The molecule has 0 saturated heterocycles. The Balaban J connectivity index is 2.14. The van der Waals surface area contributed by atoms with Crippen LogP contribution in [0.25, 0.3) is 0 Å². The van der Waals surface area contributed by atoms with Crippen LogP contribution < -0.4 is 10.1 Å². The Hall–Kier alpha value is -2.06. The second kappa shape index (κ2) is 6.40. The number of nitrogens with zero attached hydrogens (tertiary/aromatic N) is 1. The van der Waals surface area contributed by atoms with Gasteiger partial charge in [0.05, 0.1) is 22.8 Å². The molecule has 0 amide bonds. The van der Waals surface area contributed by atoms with Crippen LogP contribution in [0.15, 0.2) is 40.9 Å². The zero-order valence-corrected chi connectivity index (χ0v) is 12.4. The van der Waals surface area contributed by atoms with Crippen LogP contribution in [0, 0.1) is 17.1 Å². The summed E-state index contributed by atoms with van der Waals surface area (Å²) >= 11 is 3.11. The summed E-state index contributed by atoms with van der Waals surface area (Å²) in [6, 6.07) is 12.3. The number of anilines is 1. The van der Waals surface area contributed by atoms with Gasteiger partial charge in [0.15, 0.2) is 0 Å². The second-order valence-corrected chi connectivity index (χ2v) is 4.98. The number of nitriles is 1. The normalized spacial score (nSPS) is 9.90. The summed E-state index contributed by atoms with van der Waals surface area (Å²) < 4.78 is 18.8. The molecule has 0 bridgehead atoms. The van der Waals surface area contributed by atoms with Crippen LogP contribution in [0.5, 0.6) is 5.75 Å². The van der Waals surface area contributed by atoms with Gasteiger partial charge in [0.25, 0.3) is 0 Å². The lowest BCUT2D eigenvalue weighted by molar-refractivity contribution is 0.414. The van der Waals surface area contributed by atoms with Crippen molar-refractivity contribution in [1.29, 1.82) is 5.26 Å². The highest BCUT2D eigenvalue weighted by molar-refractivity contribution is 9.10. The van der Waals surface area contributed by atoms with Crippen LogP contribution in [0.3, 0.4) is 0 Å². The molecule has 0 unspecified atom stereocenters. The van der Waals surface area contributed by atoms with E-state index >= 15 is 0 Å². The van der Waals surface area contributed by atoms with Gasteiger partial charge in [-0.1, -0.05) is 12.1 Å². The van der Waals surface area contributed by atoms with Gasteiger partial charge < -0.3 is 10.1 Å². The zero-order valence-electron chi connectivity index (χ0n) is 10.8.